The predicted molar refractivity (Wildman–Crippen MR) is 72.4 cm³/mol. The molecule has 4 heteroatoms. The molecule has 0 aromatic heterocycles. The number of benzene rings is 1. The lowest BCUT2D eigenvalue weighted by atomic mass is 10.0. The number of nitrogens with two attached hydrogens (primary N) is 1. The lowest BCUT2D eigenvalue weighted by Crippen LogP contribution is -2.52. The number of anilines is 2. The van der Waals surface area contributed by atoms with Gasteiger partial charge in [-0.15, -0.1) is 0 Å². The second-order valence-electron chi connectivity index (χ2n) is 5.45. The summed E-state index contributed by atoms with van der Waals surface area (Å²) in [5.41, 5.74) is 8.09. The van der Waals surface area contributed by atoms with E-state index < -0.39 is 0 Å². The van der Waals surface area contributed by atoms with E-state index in [2.05, 4.69) is 31.7 Å². The van der Waals surface area contributed by atoms with E-state index in [1.165, 1.54) is 0 Å². The summed E-state index contributed by atoms with van der Waals surface area (Å²) in [4.78, 5) is 2.20. The van der Waals surface area contributed by atoms with Crippen molar-refractivity contribution < 1.29 is 4.74 Å². The molecule has 1 aliphatic rings. The summed E-state index contributed by atoms with van der Waals surface area (Å²) in [5, 5.41) is 8.97. The van der Waals surface area contributed by atoms with Crippen molar-refractivity contribution in [1.82, 2.24) is 0 Å². The molecule has 1 heterocycles. The Morgan fingerprint density at radius 3 is 2.83 bits per heavy atom. The molecule has 0 spiro atoms. The zero-order valence-corrected chi connectivity index (χ0v) is 11.1. The molecular formula is C14H19N3O. The number of hydrogen-bond donors (Lipinski definition) is 1. The van der Waals surface area contributed by atoms with Crippen LogP contribution in [0.3, 0.4) is 0 Å². The maximum Gasteiger partial charge on any atom is 0.0992 e. The first-order valence-electron chi connectivity index (χ1n) is 6.14. The van der Waals surface area contributed by atoms with Crippen molar-refractivity contribution in [3.63, 3.8) is 0 Å². The highest BCUT2D eigenvalue weighted by atomic mass is 16.5. The van der Waals surface area contributed by atoms with E-state index >= 15 is 0 Å². The summed E-state index contributed by atoms with van der Waals surface area (Å²) in [5.74, 6) is 0. The minimum atomic E-state index is -0.202. The molecule has 4 nitrogen and oxygen atoms in total. The third-order valence-corrected chi connectivity index (χ3v) is 3.07. The molecule has 1 saturated heterocycles. The third kappa shape index (κ3) is 2.57. The third-order valence-electron chi connectivity index (χ3n) is 3.07. The highest BCUT2D eigenvalue weighted by molar-refractivity contribution is 5.70. The van der Waals surface area contributed by atoms with Crippen molar-refractivity contribution >= 4 is 11.4 Å². The van der Waals surface area contributed by atoms with Crippen LogP contribution in [-0.2, 0) is 4.74 Å². The van der Waals surface area contributed by atoms with Gasteiger partial charge in [0.2, 0.25) is 0 Å². The Morgan fingerprint density at radius 1 is 1.50 bits per heavy atom. The van der Waals surface area contributed by atoms with E-state index in [-0.39, 0.29) is 11.7 Å². The lowest BCUT2D eigenvalue weighted by molar-refractivity contribution is -0.0749. The highest BCUT2D eigenvalue weighted by Crippen LogP contribution is 2.30. The van der Waals surface area contributed by atoms with Crippen molar-refractivity contribution in [1.29, 1.82) is 5.26 Å². The molecule has 0 bridgehead atoms. The zero-order chi connectivity index (χ0) is 13.3. The number of morpholine rings is 1. The summed E-state index contributed by atoms with van der Waals surface area (Å²) in [6.07, 6.45) is 0.152. The van der Waals surface area contributed by atoms with Crippen LogP contribution < -0.4 is 10.6 Å². The van der Waals surface area contributed by atoms with Crippen molar-refractivity contribution in [2.75, 3.05) is 23.7 Å². The van der Waals surface area contributed by atoms with Gasteiger partial charge in [0.1, 0.15) is 0 Å². The first kappa shape index (κ1) is 12.7. The first-order chi connectivity index (χ1) is 8.41. The number of ether oxygens (including phenoxy) is 1. The molecule has 0 aliphatic carbocycles. The van der Waals surface area contributed by atoms with Gasteiger partial charge < -0.3 is 15.4 Å². The van der Waals surface area contributed by atoms with Crippen LogP contribution in [0.5, 0.6) is 0 Å². The minimum Gasteiger partial charge on any atom is -0.397 e. The number of nitrogen functional groups attached to an aromatic ring is 1. The summed E-state index contributed by atoms with van der Waals surface area (Å²) in [7, 11) is 0. The lowest BCUT2D eigenvalue weighted by Gasteiger charge is -2.43. The quantitative estimate of drug-likeness (QED) is 0.770. The minimum absolute atomic E-state index is 0.152. The average Bonchev–Trinajstić information content (AvgIpc) is 2.27. The Morgan fingerprint density at radius 2 is 2.22 bits per heavy atom. The van der Waals surface area contributed by atoms with Gasteiger partial charge in [-0.3, -0.25) is 0 Å². The molecule has 1 unspecified atom stereocenters. The van der Waals surface area contributed by atoms with E-state index in [1.54, 1.807) is 12.1 Å². The Kier molecular flexibility index (Phi) is 3.18. The van der Waals surface area contributed by atoms with Gasteiger partial charge in [0, 0.05) is 13.1 Å². The molecule has 1 fully saturated rings. The molecule has 1 aromatic rings. The monoisotopic (exact) mass is 245 g/mol. The summed E-state index contributed by atoms with van der Waals surface area (Å²) < 4.78 is 5.87. The van der Waals surface area contributed by atoms with Gasteiger partial charge >= 0.3 is 0 Å². The molecule has 2 rings (SSSR count). The van der Waals surface area contributed by atoms with E-state index in [9.17, 15) is 0 Å². The zero-order valence-electron chi connectivity index (χ0n) is 11.1. The molecule has 0 radical (unpaired) electrons. The Hall–Kier alpha value is -1.73. The van der Waals surface area contributed by atoms with E-state index in [1.807, 2.05) is 6.07 Å². The topological polar surface area (TPSA) is 62.3 Å². The second-order valence-corrected chi connectivity index (χ2v) is 5.45. The largest absolute Gasteiger partial charge is 0.397 e. The first-order valence-corrected chi connectivity index (χ1v) is 6.14. The van der Waals surface area contributed by atoms with Gasteiger partial charge in [0.15, 0.2) is 0 Å². The van der Waals surface area contributed by atoms with Gasteiger partial charge in [0.05, 0.1) is 34.7 Å². The highest BCUT2D eigenvalue weighted by Gasteiger charge is 2.32. The number of nitrogens with zero attached hydrogens (tertiary/aromatic N) is 2. The average molecular weight is 245 g/mol. The van der Waals surface area contributed by atoms with Crippen LogP contribution in [0, 0.1) is 11.3 Å². The van der Waals surface area contributed by atoms with Gasteiger partial charge in [-0.25, -0.2) is 0 Å². The maximum absolute atomic E-state index is 8.97. The molecule has 0 saturated carbocycles. The fourth-order valence-electron chi connectivity index (χ4n) is 2.52. The maximum atomic E-state index is 8.97. The Balaban J connectivity index is 2.33. The molecule has 0 amide bonds. The van der Waals surface area contributed by atoms with Crippen LogP contribution in [0.15, 0.2) is 18.2 Å². The molecule has 96 valence electrons. The van der Waals surface area contributed by atoms with Crippen molar-refractivity contribution in [2.24, 2.45) is 0 Å². The van der Waals surface area contributed by atoms with Gasteiger partial charge in [0.25, 0.3) is 0 Å². The SMILES string of the molecule is CC1CN(c2cc(C#N)ccc2N)CC(C)(C)O1. The van der Waals surface area contributed by atoms with Crippen molar-refractivity contribution in [3.8, 4) is 6.07 Å². The second kappa shape index (κ2) is 4.51. The van der Waals surface area contributed by atoms with Crippen LogP contribution in [0.25, 0.3) is 0 Å². The van der Waals surface area contributed by atoms with Crippen molar-refractivity contribution in [2.45, 2.75) is 32.5 Å². The van der Waals surface area contributed by atoms with Crippen LogP contribution in [0.1, 0.15) is 26.3 Å². The van der Waals surface area contributed by atoms with Gasteiger partial charge in [-0.2, -0.15) is 5.26 Å². The molecular weight excluding hydrogens is 226 g/mol. The molecule has 1 aromatic carbocycles. The van der Waals surface area contributed by atoms with Gasteiger partial charge in [-0.1, -0.05) is 0 Å². The van der Waals surface area contributed by atoms with Crippen LogP contribution in [0.4, 0.5) is 11.4 Å². The number of nitriles is 1. The Bertz CT molecular complexity index is 490. The van der Waals surface area contributed by atoms with Crippen molar-refractivity contribution in [3.05, 3.63) is 23.8 Å². The predicted octanol–water partition coefficient (Wildman–Crippen LogP) is 2.14. The van der Waals surface area contributed by atoms with Crippen LogP contribution >= 0.6 is 0 Å². The molecule has 1 aliphatic heterocycles. The molecule has 2 N–H and O–H groups in total. The number of hydrogen-bond acceptors (Lipinski definition) is 4. The molecule has 1 atom stereocenters. The summed E-state index contributed by atoms with van der Waals surface area (Å²) >= 11 is 0. The van der Waals surface area contributed by atoms with Crippen LogP contribution in [-0.4, -0.2) is 24.8 Å². The standard InChI is InChI=1S/C14H19N3O/c1-10-8-17(9-14(2,3)18-10)13-6-11(7-15)4-5-12(13)16/h4-6,10H,8-9,16H2,1-3H3. The summed E-state index contributed by atoms with van der Waals surface area (Å²) in [6.45, 7) is 7.76. The van der Waals surface area contributed by atoms with E-state index in [0.29, 0.717) is 11.3 Å². The van der Waals surface area contributed by atoms with Gasteiger partial charge in [-0.05, 0) is 39.0 Å². The Labute approximate surface area is 108 Å². The fraction of sp³-hybridized carbons (Fsp3) is 0.500. The fourth-order valence-corrected chi connectivity index (χ4v) is 2.52. The normalized spacial score (nSPS) is 22.6. The smallest absolute Gasteiger partial charge is 0.0992 e. The van der Waals surface area contributed by atoms with E-state index in [4.69, 9.17) is 15.7 Å². The van der Waals surface area contributed by atoms with E-state index in [0.717, 1.165) is 18.8 Å². The molecule has 18 heavy (non-hydrogen) atoms. The van der Waals surface area contributed by atoms with Crippen LogP contribution in [0.2, 0.25) is 0 Å². The number of rotatable bonds is 1. The summed E-state index contributed by atoms with van der Waals surface area (Å²) in [6, 6.07) is 7.54.